The first-order chi connectivity index (χ1) is 9.80. The summed E-state index contributed by atoms with van der Waals surface area (Å²) in [7, 11) is 0.544. The van der Waals surface area contributed by atoms with Crippen molar-refractivity contribution >= 4 is 15.9 Å². The lowest BCUT2D eigenvalue weighted by Crippen LogP contribution is -2.42. The first-order valence-electron chi connectivity index (χ1n) is 7.26. The van der Waals surface area contributed by atoms with Crippen LogP contribution in [0, 0.1) is 5.92 Å². The van der Waals surface area contributed by atoms with Gasteiger partial charge < -0.3 is 15.0 Å². The molecule has 1 fully saturated rings. The minimum Gasteiger partial charge on any atom is -0.381 e. The van der Waals surface area contributed by atoms with Crippen molar-refractivity contribution in [1.29, 1.82) is 0 Å². The number of nitrogens with zero attached hydrogens (tertiary/aromatic N) is 2. The average Bonchev–Trinajstić information content (AvgIpc) is 2.41. The van der Waals surface area contributed by atoms with Crippen LogP contribution in [-0.2, 0) is 19.6 Å². The second-order valence-corrected chi connectivity index (χ2v) is 7.63. The molecule has 1 rings (SSSR count). The third-order valence-corrected chi connectivity index (χ3v) is 4.82. The summed E-state index contributed by atoms with van der Waals surface area (Å²) in [4.78, 5) is 13.9. The summed E-state index contributed by atoms with van der Waals surface area (Å²) in [6, 6.07) is 0. The lowest BCUT2D eigenvalue weighted by Gasteiger charge is -2.24. The number of hydrogen-bond acceptors (Lipinski definition) is 5. The van der Waals surface area contributed by atoms with Gasteiger partial charge in [-0.1, -0.05) is 0 Å². The van der Waals surface area contributed by atoms with E-state index in [9.17, 15) is 13.2 Å². The number of nitrogens with one attached hydrogen (secondary N) is 1. The Balaban J connectivity index is 2.36. The van der Waals surface area contributed by atoms with Crippen molar-refractivity contribution in [3.8, 4) is 0 Å². The summed E-state index contributed by atoms with van der Waals surface area (Å²) in [5, 5.41) is 2.83. The maximum atomic E-state index is 12.0. The van der Waals surface area contributed by atoms with Gasteiger partial charge in [-0.2, -0.15) is 4.31 Å². The van der Waals surface area contributed by atoms with Gasteiger partial charge in [-0.05, 0) is 26.9 Å². The van der Waals surface area contributed by atoms with Crippen LogP contribution >= 0.6 is 0 Å². The van der Waals surface area contributed by atoms with Gasteiger partial charge in [-0.15, -0.1) is 0 Å². The van der Waals surface area contributed by atoms with Crippen molar-refractivity contribution in [1.82, 2.24) is 14.5 Å². The Bertz CT molecular complexity index is 419. The van der Waals surface area contributed by atoms with Crippen LogP contribution in [0.15, 0.2) is 0 Å². The molecule has 1 amide bonds. The molecule has 1 saturated heterocycles. The van der Waals surface area contributed by atoms with Crippen LogP contribution < -0.4 is 5.32 Å². The van der Waals surface area contributed by atoms with E-state index in [0.29, 0.717) is 39.4 Å². The largest absolute Gasteiger partial charge is 0.381 e. The van der Waals surface area contributed by atoms with Crippen molar-refractivity contribution in [2.24, 2.45) is 5.92 Å². The van der Waals surface area contributed by atoms with Crippen LogP contribution in [0.1, 0.15) is 12.8 Å². The van der Waals surface area contributed by atoms with E-state index >= 15 is 0 Å². The van der Waals surface area contributed by atoms with Gasteiger partial charge in [-0.3, -0.25) is 4.79 Å². The quantitative estimate of drug-likeness (QED) is 0.643. The highest BCUT2D eigenvalue weighted by Gasteiger charge is 2.22. The Morgan fingerprint density at radius 3 is 2.33 bits per heavy atom. The monoisotopic (exact) mass is 321 g/mol. The van der Waals surface area contributed by atoms with E-state index in [1.807, 2.05) is 19.0 Å². The van der Waals surface area contributed by atoms with Gasteiger partial charge in [0.15, 0.2) is 0 Å². The van der Waals surface area contributed by atoms with Gasteiger partial charge in [-0.25, -0.2) is 8.42 Å². The van der Waals surface area contributed by atoms with Crippen LogP contribution in [0.4, 0.5) is 0 Å². The van der Waals surface area contributed by atoms with E-state index < -0.39 is 10.0 Å². The molecule has 7 nitrogen and oxygen atoms in total. The molecule has 0 unspecified atom stereocenters. The molecule has 0 aromatic rings. The predicted molar refractivity (Wildman–Crippen MR) is 81.5 cm³/mol. The summed E-state index contributed by atoms with van der Waals surface area (Å²) < 4.78 is 30.0. The lowest BCUT2D eigenvalue weighted by molar-refractivity contribution is -0.127. The predicted octanol–water partition coefficient (Wildman–Crippen LogP) is -0.648. The number of likely N-dealkylation sites (N-methyl/N-ethyl adjacent to an activating group) is 1. The van der Waals surface area contributed by atoms with Crippen LogP contribution in [0.5, 0.6) is 0 Å². The van der Waals surface area contributed by atoms with Crippen LogP contribution in [-0.4, -0.2) is 83.3 Å². The minimum atomic E-state index is -3.25. The first-order valence-corrected chi connectivity index (χ1v) is 9.11. The van der Waals surface area contributed by atoms with Gasteiger partial charge in [0.05, 0.1) is 6.26 Å². The molecule has 0 aromatic carbocycles. The molecule has 0 aromatic heterocycles. The molecule has 21 heavy (non-hydrogen) atoms. The fourth-order valence-electron chi connectivity index (χ4n) is 2.16. The fraction of sp³-hybridized carbons (Fsp3) is 0.923. The third kappa shape index (κ3) is 7.21. The SMILES string of the molecule is CN(C)CCN(CCNC(=O)C1CCOCC1)S(C)(=O)=O. The number of amides is 1. The zero-order chi connectivity index (χ0) is 15.9. The molecule has 0 spiro atoms. The molecular weight excluding hydrogens is 294 g/mol. The van der Waals surface area contributed by atoms with Gasteiger partial charge in [0.25, 0.3) is 0 Å². The lowest BCUT2D eigenvalue weighted by atomic mass is 9.99. The van der Waals surface area contributed by atoms with Crippen molar-refractivity contribution in [2.45, 2.75) is 12.8 Å². The van der Waals surface area contributed by atoms with Crippen LogP contribution in [0.3, 0.4) is 0 Å². The summed E-state index contributed by atoms with van der Waals surface area (Å²) in [5.41, 5.74) is 0. The number of sulfonamides is 1. The number of hydrogen-bond donors (Lipinski definition) is 1. The maximum absolute atomic E-state index is 12.0. The van der Waals surface area contributed by atoms with Gasteiger partial charge in [0.1, 0.15) is 0 Å². The Kier molecular flexibility index (Phi) is 7.58. The molecule has 1 aliphatic heterocycles. The highest BCUT2D eigenvalue weighted by Crippen LogP contribution is 2.14. The molecule has 8 heteroatoms. The van der Waals surface area contributed by atoms with Crippen molar-refractivity contribution < 1.29 is 17.9 Å². The topological polar surface area (TPSA) is 79.0 Å². The van der Waals surface area contributed by atoms with Gasteiger partial charge in [0.2, 0.25) is 15.9 Å². The van der Waals surface area contributed by atoms with Gasteiger partial charge in [0, 0.05) is 45.3 Å². The zero-order valence-electron chi connectivity index (χ0n) is 13.2. The summed E-state index contributed by atoms with van der Waals surface area (Å²) in [6.45, 7) is 2.98. The molecule has 0 bridgehead atoms. The zero-order valence-corrected chi connectivity index (χ0v) is 14.0. The van der Waals surface area contributed by atoms with Crippen LogP contribution in [0.25, 0.3) is 0 Å². The highest BCUT2D eigenvalue weighted by atomic mass is 32.2. The summed E-state index contributed by atoms with van der Waals surface area (Å²) >= 11 is 0. The number of rotatable bonds is 8. The minimum absolute atomic E-state index is 0.000592. The summed E-state index contributed by atoms with van der Waals surface area (Å²) in [5.74, 6) is -0.00781. The van der Waals surface area contributed by atoms with E-state index in [1.165, 1.54) is 10.6 Å². The van der Waals surface area contributed by atoms with Crippen molar-refractivity contribution in [3.63, 3.8) is 0 Å². The molecule has 124 valence electrons. The van der Waals surface area contributed by atoms with Gasteiger partial charge >= 0.3 is 0 Å². The molecule has 1 heterocycles. The molecule has 1 aliphatic rings. The molecular formula is C13H27N3O4S. The van der Waals surface area contributed by atoms with E-state index in [4.69, 9.17) is 4.74 Å². The maximum Gasteiger partial charge on any atom is 0.223 e. The number of ether oxygens (including phenoxy) is 1. The Morgan fingerprint density at radius 2 is 1.81 bits per heavy atom. The second-order valence-electron chi connectivity index (χ2n) is 5.64. The van der Waals surface area contributed by atoms with E-state index in [2.05, 4.69) is 5.32 Å². The summed E-state index contributed by atoms with van der Waals surface area (Å²) in [6.07, 6.45) is 2.67. The molecule has 0 radical (unpaired) electrons. The van der Waals surface area contributed by atoms with Crippen molar-refractivity contribution in [3.05, 3.63) is 0 Å². The first kappa shape index (κ1) is 18.3. The Labute approximate surface area is 127 Å². The number of carbonyl (C=O) groups excluding carboxylic acids is 1. The second kappa shape index (κ2) is 8.67. The Morgan fingerprint density at radius 1 is 1.19 bits per heavy atom. The van der Waals surface area contributed by atoms with Crippen LogP contribution in [0.2, 0.25) is 0 Å². The average molecular weight is 321 g/mol. The van der Waals surface area contributed by atoms with E-state index in [1.54, 1.807) is 0 Å². The van der Waals surface area contributed by atoms with E-state index in [-0.39, 0.29) is 11.8 Å². The molecule has 0 saturated carbocycles. The highest BCUT2D eigenvalue weighted by molar-refractivity contribution is 7.88. The van der Waals surface area contributed by atoms with E-state index in [0.717, 1.165) is 12.8 Å². The fourth-order valence-corrected chi connectivity index (χ4v) is 3.00. The molecule has 1 N–H and O–H groups in total. The van der Waals surface area contributed by atoms with Crippen molar-refractivity contribution in [2.75, 3.05) is 59.7 Å². The number of carbonyl (C=O) groups is 1. The molecule has 0 atom stereocenters. The molecule has 0 aliphatic carbocycles. The third-order valence-electron chi connectivity index (χ3n) is 3.52. The smallest absolute Gasteiger partial charge is 0.223 e. The normalized spacial score (nSPS) is 17.4. The Hall–Kier alpha value is -0.700. The standard InChI is InChI=1S/C13H27N3O4S/c1-15(2)8-9-16(21(3,18)19)7-6-14-13(17)12-4-10-20-11-5-12/h12H,4-11H2,1-3H3,(H,14,17).